The monoisotopic (exact) mass is 431 g/mol. The van der Waals surface area contributed by atoms with Crippen LogP contribution in [0.5, 0.6) is 5.75 Å². The highest BCUT2D eigenvalue weighted by Crippen LogP contribution is 2.46. The van der Waals surface area contributed by atoms with Crippen molar-refractivity contribution in [2.24, 2.45) is 11.3 Å². The Balaban J connectivity index is 1.79. The molecule has 1 aromatic carbocycles. The number of hydrogen-bond acceptors (Lipinski definition) is 3. The van der Waals surface area contributed by atoms with Crippen LogP contribution in [0.3, 0.4) is 0 Å². The lowest BCUT2D eigenvalue weighted by atomic mass is 9.80. The van der Waals surface area contributed by atoms with E-state index in [0.29, 0.717) is 24.7 Å². The molecule has 170 valence electrons. The summed E-state index contributed by atoms with van der Waals surface area (Å²) in [6.07, 6.45) is 8.86. The van der Waals surface area contributed by atoms with Crippen LogP contribution in [0.15, 0.2) is 24.8 Å². The second-order valence-corrected chi connectivity index (χ2v) is 9.18. The number of ether oxygens (including phenoxy) is 1. The second kappa shape index (κ2) is 9.84. The Kier molecular flexibility index (Phi) is 7.39. The number of amides is 1. The van der Waals surface area contributed by atoms with Crippen molar-refractivity contribution in [1.29, 1.82) is 0 Å². The van der Waals surface area contributed by atoms with E-state index in [1.807, 2.05) is 6.08 Å². The van der Waals surface area contributed by atoms with Gasteiger partial charge in [0.05, 0.1) is 12.2 Å². The Morgan fingerprint density at radius 3 is 2.48 bits per heavy atom. The number of carboxylic acid groups (broad SMARTS) is 1. The smallest absolute Gasteiger partial charge is 0.326 e. The number of allylic oxidation sites excluding steroid dienone is 1. The molecule has 2 aliphatic rings. The third kappa shape index (κ3) is 5.86. The summed E-state index contributed by atoms with van der Waals surface area (Å²) in [5.74, 6) is -1.38. The Hall–Kier alpha value is -2.37. The first-order valence-corrected chi connectivity index (χ1v) is 11.4. The van der Waals surface area contributed by atoms with Gasteiger partial charge in [-0.15, -0.1) is 6.58 Å². The van der Waals surface area contributed by atoms with Crippen LogP contribution in [0.4, 0.5) is 4.39 Å². The lowest BCUT2D eigenvalue weighted by Gasteiger charge is -2.31. The minimum atomic E-state index is -1.08. The van der Waals surface area contributed by atoms with Crippen molar-refractivity contribution in [3.05, 3.63) is 41.7 Å². The Bertz CT molecular complexity index is 825. The maximum atomic E-state index is 14.9. The molecule has 0 unspecified atom stereocenters. The number of hydrogen-bond donors (Lipinski definition) is 2. The molecular formula is C25H34FNO4. The summed E-state index contributed by atoms with van der Waals surface area (Å²) in [4.78, 5) is 24.2. The van der Waals surface area contributed by atoms with Gasteiger partial charge in [0.15, 0.2) is 0 Å². The molecule has 1 atom stereocenters. The van der Waals surface area contributed by atoms with Gasteiger partial charge in [-0.25, -0.2) is 9.18 Å². The van der Waals surface area contributed by atoms with Crippen LogP contribution in [0.25, 0.3) is 0 Å². The molecule has 6 heteroatoms. The number of benzene rings is 1. The van der Waals surface area contributed by atoms with Crippen LogP contribution in [0, 0.1) is 17.2 Å². The number of nitrogens with one attached hydrogen (secondary N) is 1. The first kappa shape index (κ1) is 23.3. The number of rotatable bonds is 13. The Morgan fingerprint density at radius 1 is 1.29 bits per heavy atom. The van der Waals surface area contributed by atoms with E-state index in [2.05, 4.69) is 25.7 Å². The predicted octanol–water partition coefficient (Wildman–Crippen LogP) is 5.45. The molecule has 1 aromatic rings. The molecule has 2 aliphatic carbocycles. The fraction of sp³-hybridized carbons (Fsp3) is 0.600. The normalized spacial score (nSPS) is 17.1. The average molecular weight is 432 g/mol. The highest BCUT2D eigenvalue weighted by molar-refractivity contribution is 5.97. The van der Waals surface area contributed by atoms with Crippen molar-refractivity contribution in [1.82, 2.24) is 5.32 Å². The van der Waals surface area contributed by atoms with E-state index >= 15 is 0 Å². The quantitative estimate of drug-likeness (QED) is 0.407. The topological polar surface area (TPSA) is 75.6 Å². The summed E-state index contributed by atoms with van der Waals surface area (Å²) < 4.78 is 21.0. The number of carbonyl (C=O) groups is 2. The van der Waals surface area contributed by atoms with E-state index in [9.17, 15) is 19.1 Å². The van der Waals surface area contributed by atoms with Crippen LogP contribution >= 0.6 is 0 Å². The summed E-state index contributed by atoms with van der Waals surface area (Å²) in [7, 11) is 0. The predicted molar refractivity (Wildman–Crippen MR) is 118 cm³/mol. The van der Waals surface area contributed by atoms with E-state index in [1.54, 1.807) is 6.07 Å². The molecule has 3 rings (SSSR count). The Morgan fingerprint density at radius 2 is 1.97 bits per heavy atom. The van der Waals surface area contributed by atoms with E-state index in [1.165, 1.54) is 6.07 Å². The van der Waals surface area contributed by atoms with Crippen molar-refractivity contribution in [2.45, 2.75) is 77.2 Å². The number of aliphatic carboxylic acids is 1. The van der Waals surface area contributed by atoms with Crippen LogP contribution in [-0.4, -0.2) is 29.6 Å². The van der Waals surface area contributed by atoms with E-state index < -0.39 is 23.7 Å². The summed E-state index contributed by atoms with van der Waals surface area (Å²) in [5, 5.41) is 11.9. The lowest BCUT2D eigenvalue weighted by molar-refractivity contribution is -0.139. The fourth-order valence-electron chi connectivity index (χ4n) is 4.07. The van der Waals surface area contributed by atoms with E-state index in [0.717, 1.165) is 50.5 Å². The zero-order valence-electron chi connectivity index (χ0n) is 18.6. The van der Waals surface area contributed by atoms with Gasteiger partial charge in [0.1, 0.15) is 17.6 Å². The molecule has 2 fully saturated rings. The van der Waals surface area contributed by atoms with Gasteiger partial charge >= 0.3 is 5.97 Å². The standard InChI is InChI=1S/C25H34FNO4/c1-4-11-25(5-2,6-3)15-31-22-14-20(26)19(13-18(22)17-9-10-17)23(28)27-21(24(29)30)12-16-7-8-16/h4,13-14,16-17,21H,1,5-12,15H2,2-3H3,(H,27,28)(H,29,30)/t21-/m0/s1. The average Bonchev–Trinajstić information content (AvgIpc) is 3.65. The largest absolute Gasteiger partial charge is 0.493 e. The molecule has 0 radical (unpaired) electrons. The number of carbonyl (C=O) groups excluding carboxylic acids is 1. The molecular weight excluding hydrogens is 397 g/mol. The molecule has 31 heavy (non-hydrogen) atoms. The van der Waals surface area contributed by atoms with Crippen LogP contribution in [0.1, 0.15) is 87.1 Å². The third-order valence-electron chi connectivity index (χ3n) is 6.84. The maximum Gasteiger partial charge on any atom is 0.326 e. The molecule has 2 N–H and O–H groups in total. The minimum Gasteiger partial charge on any atom is -0.493 e. The van der Waals surface area contributed by atoms with Crippen molar-refractivity contribution in [3.8, 4) is 5.75 Å². The molecule has 0 aromatic heterocycles. The minimum absolute atomic E-state index is 0.0490. The van der Waals surface area contributed by atoms with Crippen molar-refractivity contribution < 1.29 is 23.8 Å². The fourth-order valence-corrected chi connectivity index (χ4v) is 4.07. The van der Waals surface area contributed by atoms with Crippen LogP contribution in [0.2, 0.25) is 0 Å². The zero-order valence-corrected chi connectivity index (χ0v) is 18.6. The summed E-state index contributed by atoms with van der Waals surface area (Å²) in [6, 6.07) is 1.86. The highest BCUT2D eigenvalue weighted by Gasteiger charge is 2.33. The second-order valence-electron chi connectivity index (χ2n) is 9.18. The molecule has 0 aliphatic heterocycles. The summed E-state index contributed by atoms with van der Waals surface area (Å²) in [5.41, 5.74) is 0.673. The van der Waals surface area contributed by atoms with Gasteiger partial charge in [-0.05, 0) is 62.0 Å². The zero-order chi connectivity index (χ0) is 22.6. The van der Waals surface area contributed by atoms with Gasteiger partial charge in [0, 0.05) is 11.5 Å². The van der Waals surface area contributed by atoms with E-state index in [4.69, 9.17) is 4.74 Å². The molecule has 0 heterocycles. The van der Waals surface area contributed by atoms with Crippen molar-refractivity contribution in [2.75, 3.05) is 6.61 Å². The van der Waals surface area contributed by atoms with Crippen LogP contribution in [-0.2, 0) is 4.79 Å². The molecule has 2 saturated carbocycles. The summed E-state index contributed by atoms with van der Waals surface area (Å²) >= 11 is 0. The van der Waals surface area contributed by atoms with Crippen molar-refractivity contribution in [3.63, 3.8) is 0 Å². The molecule has 0 spiro atoms. The molecule has 0 bridgehead atoms. The maximum absolute atomic E-state index is 14.9. The first-order chi connectivity index (χ1) is 14.8. The van der Waals surface area contributed by atoms with Gasteiger partial charge in [-0.1, -0.05) is 32.8 Å². The van der Waals surface area contributed by atoms with Gasteiger partial charge in [0.2, 0.25) is 0 Å². The van der Waals surface area contributed by atoms with Gasteiger partial charge in [-0.2, -0.15) is 0 Å². The summed E-state index contributed by atoms with van der Waals surface area (Å²) in [6.45, 7) is 8.55. The van der Waals surface area contributed by atoms with Gasteiger partial charge in [-0.3, -0.25) is 4.79 Å². The van der Waals surface area contributed by atoms with Crippen LogP contribution < -0.4 is 10.1 Å². The third-order valence-corrected chi connectivity index (χ3v) is 6.84. The number of carboxylic acids is 1. The van der Waals surface area contributed by atoms with E-state index in [-0.39, 0.29) is 16.9 Å². The van der Waals surface area contributed by atoms with Gasteiger partial charge < -0.3 is 15.2 Å². The number of halogens is 1. The van der Waals surface area contributed by atoms with Crippen molar-refractivity contribution >= 4 is 11.9 Å². The molecule has 5 nitrogen and oxygen atoms in total. The molecule has 1 amide bonds. The Labute approximate surface area is 184 Å². The SMILES string of the molecule is C=CCC(CC)(CC)COc1cc(F)c(C(=O)N[C@@H](CC2CC2)C(=O)O)cc1C1CC1. The highest BCUT2D eigenvalue weighted by atomic mass is 19.1. The van der Waals surface area contributed by atoms with Gasteiger partial charge in [0.25, 0.3) is 5.91 Å². The first-order valence-electron chi connectivity index (χ1n) is 11.4. The molecule has 0 saturated heterocycles. The lowest BCUT2D eigenvalue weighted by Crippen LogP contribution is -2.41.